The molecule has 0 aliphatic heterocycles. The average Bonchev–Trinajstić information content (AvgIpc) is 2.80. The quantitative estimate of drug-likeness (QED) is 0.560. The summed E-state index contributed by atoms with van der Waals surface area (Å²) in [7, 11) is 1.33. The maximum Gasteiger partial charge on any atom is 0.338 e. The molecule has 0 spiro atoms. The molecule has 0 saturated carbocycles. The largest absolute Gasteiger partial charge is 0.465 e. The van der Waals surface area contributed by atoms with Crippen LogP contribution in [-0.4, -0.2) is 30.4 Å². The molecule has 2 aliphatic carbocycles. The van der Waals surface area contributed by atoms with Gasteiger partial charge in [-0.3, -0.25) is 4.79 Å². The van der Waals surface area contributed by atoms with E-state index in [0.29, 0.717) is 22.5 Å². The van der Waals surface area contributed by atoms with E-state index < -0.39 is 5.97 Å². The summed E-state index contributed by atoms with van der Waals surface area (Å²) in [6, 6.07) is 14.7. The normalized spacial score (nSPS) is 10.6. The number of Topliss-reactive ketones (excluding diaryl/α,β-unsaturated/α-hetero) is 1. The van der Waals surface area contributed by atoms with Gasteiger partial charge in [0.15, 0.2) is 5.78 Å². The standard InChI is InChI=1S/C21H20N2O3/c1-13-9-14(2)23-20(10-13)22-12-19(24)17-11-18(21(25)26-3)16-8-6-4-5-7-15(16)17/h4-11H,12H2,1-3H3,(H,22,23). The third-order valence-corrected chi connectivity index (χ3v) is 4.14. The first-order chi connectivity index (χ1) is 12.5. The SMILES string of the molecule is COC(=O)c1cc(C(=O)CNc2cc(C)cc(C)n2)c2cccccc1-2. The van der Waals surface area contributed by atoms with Crippen molar-refractivity contribution in [2.45, 2.75) is 13.8 Å². The van der Waals surface area contributed by atoms with Gasteiger partial charge in [-0.25, -0.2) is 9.78 Å². The van der Waals surface area contributed by atoms with E-state index in [1.54, 1.807) is 6.07 Å². The Morgan fingerprint density at radius 3 is 2.35 bits per heavy atom. The second kappa shape index (κ2) is 7.35. The highest BCUT2D eigenvalue weighted by Gasteiger charge is 2.23. The summed E-state index contributed by atoms with van der Waals surface area (Å²) < 4.78 is 4.85. The monoisotopic (exact) mass is 348 g/mol. The van der Waals surface area contributed by atoms with Crippen LogP contribution >= 0.6 is 0 Å². The van der Waals surface area contributed by atoms with Gasteiger partial charge in [0.25, 0.3) is 0 Å². The molecule has 1 aromatic heterocycles. The van der Waals surface area contributed by atoms with Gasteiger partial charge < -0.3 is 10.1 Å². The van der Waals surface area contributed by atoms with Crippen molar-refractivity contribution in [3.05, 3.63) is 70.9 Å². The minimum atomic E-state index is -0.454. The van der Waals surface area contributed by atoms with Gasteiger partial charge in [0, 0.05) is 11.3 Å². The van der Waals surface area contributed by atoms with Gasteiger partial charge in [-0.15, -0.1) is 0 Å². The number of anilines is 1. The molecular formula is C21H20N2O3. The van der Waals surface area contributed by atoms with Gasteiger partial charge in [0.1, 0.15) is 5.82 Å². The molecule has 0 fully saturated rings. The zero-order valence-corrected chi connectivity index (χ0v) is 15.0. The molecule has 0 aromatic carbocycles. The van der Waals surface area contributed by atoms with Crippen LogP contribution in [0.1, 0.15) is 32.0 Å². The highest BCUT2D eigenvalue weighted by molar-refractivity contribution is 6.11. The Morgan fingerprint density at radius 1 is 1.00 bits per heavy atom. The molecule has 0 bridgehead atoms. The van der Waals surface area contributed by atoms with E-state index in [0.717, 1.165) is 16.8 Å². The van der Waals surface area contributed by atoms with Crippen molar-refractivity contribution in [2.75, 3.05) is 19.0 Å². The molecule has 0 unspecified atom stereocenters. The Bertz CT molecular complexity index is 930. The van der Waals surface area contributed by atoms with Crippen molar-refractivity contribution in [3.8, 4) is 11.1 Å². The highest BCUT2D eigenvalue weighted by Crippen LogP contribution is 2.32. The molecule has 1 aromatic rings. The smallest absolute Gasteiger partial charge is 0.338 e. The molecule has 0 radical (unpaired) electrons. The van der Waals surface area contributed by atoms with Crippen molar-refractivity contribution >= 4 is 17.6 Å². The second-order valence-electron chi connectivity index (χ2n) is 6.15. The highest BCUT2D eigenvalue weighted by atomic mass is 16.5. The van der Waals surface area contributed by atoms with Crippen LogP contribution in [0.4, 0.5) is 5.82 Å². The number of methoxy groups -OCH3 is 1. The summed E-state index contributed by atoms with van der Waals surface area (Å²) in [5.41, 5.74) is 4.29. The molecule has 132 valence electrons. The van der Waals surface area contributed by atoms with E-state index in [1.165, 1.54) is 7.11 Å². The molecule has 0 amide bonds. The molecule has 1 N–H and O–H groups in total. The third kappa shape index (κ3) is 3.57. The first-order valence-electron chi connectivity index (χ1n) is 8.32. The van der Waals surface area contributed by atoms with E-state index in [4.69, 9.17) is 4.74 Å². The number of rotatable bonds is 5. The summed E-state index contributed by atoms with van der Waals surface area (Å²) in [4.78, 5) is 29.2. The number of fused-ring (bicyclic) bond motifs is 1. The van der Waals surface area contributed by atoms with Gasteiger partial charge in [-0.05, 0) is 48.7 Å². The summed E-state index contributed by atoms with van der Waals surface area (Å²) in [5.74, 6) is 0.0898. The van der Waals surface area contributed by atoms with E-state index in [9.17, 15) is 9.59 Å². The molecule has 3 rings (SSSR count). The molecular weight excluding hydrogens is 328 g/mol. The summed E-state index contributed by atoms with van der Waals surface area (Å²) in [6.07, 6.45) is 0. The summed E-state index contributed by atoms with van der Waals surface area (Å²) >= 11 is 0. The lowest BCUT2D eigenvalue weighted by Crippen LogP contribution is -2.15. The number of ether oxygens (including phenoxy) is 1. The van der Waals surface area contributed by atoms with Crippen LogP contribution in [-0.2, 0) is 4.74 Å². The predicted molar refractivity (Wildman–Crippen MR) is 101 cm³/mol. The number of ketones is 1. The number of nitrogens with one attached hydrogen (secondary N) is 1. The fraction of sp³-hybridized carbons (Fsp3) is 0.190. The minimum absolute atomic E-state index is 0.0915. The van der Waals surface area contributed by atoms with E-state index in [-0.39, 0.29) is 12.3 Å². The van der Waals surface area contributed by atoms with Gasteiger partial charge in [0.05, 0.1) is 19.2 Å². The van der Waals surface area contributed by atoms with Gasteiger partial charge >= 0.3 is 5.97 Å². The van der Waals surface area contributed by atoms with E-state index in [1.807, 2.05) is 56.3 Å². The first kappa shape index (κ1) is 17.6. The number of carbonyl (C=O) groups excluding carboxylic acids is 2. The zero-order valence-electron chi connectivity index (χ0n) is 15.0. The van der Waals surface area contributed by atoms with Crippen LogP contribution in [0.15, 0.2) is 48.5 Å². The second-order valence-corrected chi connectivity index (χ2v) is 6.15. The van der Waals surface area contributed by atoms with Crippen molar-refractivity contribution in [1.82, 2.24) is 4.98 Å². The van der Waals surface area contributed by atoms with Crippen LogP contribution in [0.25, 0.3) is 11.1 Å². The molecule has 5 nitrogen and oxygen atoms in total. The van der Waals surface area contributed by atoms with Crippen LogP contribution in [0.3, 0.4) is 0 Å². The van der Waals surface area contributed by atoms with Crippen LogP contribution < -0.4 is 5.32 Å². The van der Waals surface area contributed by atoms with Crippen molar-refractivity contribution in [1.29, 1.82) is 0 Å². The number of hydrogen-bond donors (Lipinski definition) is 1. The lowest BCUT2D eigenvalue weighted by atomic mass is 10.1. The Kier molecular flexibility index (Phi) is 4.98. The van der Waals surface area contributed by atoms with E-state index >= 15 is 0 Å². The number of aryl methyl sites for hydroxylation is 2. The number of hydrogen-bond acceptors (Lipinski definition) is 5. The van der Waals surface area contributed by atoms with Crippen LogP contribution in [0.5, 0.6) is 0 Å². The Balaban J connectivity index is 1.90. The Morgan fingerprint density at radius 2 is 1.69 bits per heavy atom. The fourth-order valence-corrected chi connectivity index (χ4v) is 3.02. The van der Waals surface area contributed by atoms with Crippen LogP contribution in [0, 0.1) is 13.8 Å². The number of carbonyl (C=O) groups is 2. The van der Waals surface area contributed by atoms with Crippen molar-refractivity contribution in [3.63, 3.8) is 0 Å². The fourth-order valence-electron chi connectivity index (χ4n) is 3.02. The van der Waals surface area contributed by atoms with Gasteiger partial charge in [-0.1, -0.05) is 30.3 Å². The Labute approximate surface area is 152 Å². The van der Waals surface area contributed by atoms with Crippen molar-refractivity contribution < 1.29 is 14.3 Å². The molecule has 1 heterocycles. The summed E-state index contributed by atoms with van der Waals surface area (Å²) in [6.45, 7) is 3.98. The summed E-state index contributed by atoms with van der Waals surface area (Å²) in [5, 5.41) is 3.07. The number of nitrogens with zero attached hydrogens (tertiary/aromatic N) is 1. The number of pyridine rings is 1. The van der Waals surface area contributed by atoms with Gasteiger partial charge in [0.2, 0.25) is 0 Å². The Hall–Kier alpha value is -3.21. The van der Waals surface area contributed by atoms with E-state index in [2.05, 4.69) is 10.3 Å². The number of aromatic nitrogens is 1. The lowest BCUT2D eigenvalue weighted by Gasteiger charge is -2.07. The van der Waals surface area contributed by atoms with Gasteiger partial charge in [-0.2, -0.15) is 0 Å². The average molecular weight is 348 g/mol. The molecule has 5 heteroatoms. The lowest BCUT2D eigenvalue weighted by molar-refractivity contribution is 0.0602. The minimum Gasteiger partial charge on any atom is -0.465 e. The first-order valence-corrected chi connectivity index (χ1v) is 8.32. The zero-order chi connectivity index (χ0) is 18.7. The molecule has 26 heavy (non-hydrogen) atoms. The number of esters is 1. The topological polar surface area (TPSA) is 68.3 Å². The maximum absolute atomic E-state index is 12.8. The molecule has 0 saturated heterocycles. The maximum atomic E-state index is 12.8. The molecule has 0 atom stereocenters. The van der Waals surface area contributed by atoms with Crippen molar-refractivity contribution in [2.24, 2.45) is 0 Å². The van der Waals surface area contributed by atoms with Crippen LogP contribution in [0.2, 0.25) is 0 Å². The predicted octanol–water partition coefficient (Wildman–Crippen LogP) is 3.88. The molecule has 2 aliphatic rings. The third-order valence-electron chi connectivity index (χ3n) is 4.14.